The molecule has 0 N–H and O–H groups in total. The summed E-state index contributed by atoms with van der Waals surface area (Å²) in [6, 6.07) is 8.11. The Labute approximate surface area is 79.7 Å². The molecule has 0 bridgehead atoms. The van der Waals surface area contributed by atoms with Gasteiger partial charge in [-0.05, 0) is 31.0 Å². The van der Waals surface area contributed by atoms with Gasteiger partial charge in [-0.1, -0.05) is 12.1 Å². The number of hydrogen-bond acceptors (Lipinski definition) is 1. The van der Waals surface area contributed by atoms with Crippen molar-refractivity contribution in [2.45, 2.75) is 19.8 Å². The minimum absolute atomic E-state index is 0.918. The van der Waals surface area contributed by atoms with Crippen LogP contribution in [0.4, 0.5) is 0 Å². The number of methoxy groups -OCH3 is 1. The van der Waals surface area contributed by atoms with Crippen LogP contribution in [0.2, 0.25) is 0 Å². The van der Waals surface area contributed by atoms with Crippen molar-refractivity contribution >= 4 is 0 Å². The highest BCUT2D eigenvalue weighted by Gasteiger charge is 1.93. The van der Waals surface area contributed by atoms with Crippen LogP contribution in [0.5, 0.6) is 5.75 Å². The molecule has 13 heavy (non-hydrogen) atoms. The molecule has 0 spiro atoms. The number of ether oxygens (including phenoxy) is 1. The Morgan fingerprint density at radius 2 is 2.23 bits per heavy atom. The van der Waals surface area contributed by atoms with Crippen LogP contribution < -0.4 is 4.74 Å². The highest BCUT2D eigenvalue weighted by atomic mass is 16.5. The van der Waals surface area contributed by atoms with Crippen molar-refractivity contribution in [3.8, 4) is 17.6 Å². The van der Waals surface area contributed by atoms with Gasteiger partial charge in [0.25, 0.3) is 0 Å². The minimum Gasteiger partial charge on any atom is -0.497 e. The Hall–Kier alpha value is -1.42. The molecule has 0 atom stereocenters. The summed E-state index contributed by atoms with van der Waals surface area (Å²) >= 11 is 0. The van der Waals surface area contributed by atoms with E-state index in [2.05, 4.69) is 24.0 Å². The molecular weight excluding hydrogens is 160 g/mol. The van der Waals surface area contributed by atoms with Gasteiger partial charge in [-0.3, -0.25) is 0 Å². The molecule has 0 unspecified atom stereocenters. The van der Waals surface area contributed by atoms with Crippen LogP contribution in [0, 0.1) is 11.8 Å². The Morgan fingerprint density at radius 3 is 2.92 bits per heavy atom. The van der Waals surface area contributed by atoms with Gasteiger partial charge in [0.2, 0.25) is 0 Å². The predicted molar refractivity (Wildman–Crippen MR) is 54.8 cm³/mol. The highest BCUT2D eigenvalue weighted by Crippen LogP contribution is 2.13. The maximum absolute atomic E-state index is 5.13. The number of aryl methyl sites for hydroxylation is 1. The van der Waals surface area contributed by atoms with E-state index in [4.69, 9.17) is 4.74 Å². The minimum atomic E-state index is 0.918. The summed E-state index contributed by atoms with van der Waals surface area (Å²) in [6.45, 7) is 1.87. The fourth-order valence-electron chi connectivity index (χ4n) is 1.16. The Kier molecular flexibility index (Phi) is 3.92. The van der Waals surface area contributed by atoms with Crippen molar-refractivity contribution in [3.63, 3.8) is 0 Å². The standard InChI is InChI=1S/C12H14O/c1-3-4-5-7-11-8-6-9-12(10-11)13-2/h6,8-10H,5,7H2,1-2H3. The molecule has 1 nitrogen and oxygen atoms in total. The fraction of sp³-hybridized carbons (Fsp3) is 0.333. The molecule has 0 amide bonds. The van der Waals surface area contributed by atoms with Crippen molar-refractivity contribution in [3.05, 3.63) is 29.8 Å². The lowest BCUT2D eigenvalue weighted by atomic mass is 10.1. The molecule has 0 radical (unpaired) electrons. The third-order valence-electron chi connectivity index (χ3n) is 1.85. The van der Waals surface area contributed by atoms with Crippen molar-refractivity contribution in [2.75, 3.05) is 7.11 Å². The van der Waals surface area contributed by atoms with Gasteiger partial charge in [0.05, 0.1) is 7.11 Å². The topological polar surface area (TPSA) is 9.23 Å². The van der Waals surface area contributed by atoms with Crippen LogP contribution in [0.15, 0.2) is 24.3 Å². The summed E-state index contributed by atoms with van der Waals surface area (Å²) < 4.78 is 5.13. The molecule has 0 saturated heterocycles. The van der Waals surface area contributed by atoms with Crippen molar-refractivity contribution in [1.29, 1.82) is 0 Å². The highest BCUT2D eigenvalue weighted by molar-refractivity contribution is 5.28. The van der Waals surface area contributed by atoms with E-state index in [1.165, 1.54) is 5.56 Å². The van der Waals surface area contributed by atoms with E-state index >= 15 is 0 Å². The third-order valence-corrected chi connectivity index (χ3v) is 1.85. The first kappa shape index (κ1) is 9.67. The van der Waals surface area contributed by atoms with Gasteiger partial charge >= 0.3 is 0 Å². The molecule has 0 saturated carbocycles. The van der Waals surface area contributed by atoms with Gasteiger partial charge in [-0.25, -0.2) is 0 Å². The molecule has 1 heteroatoms. The Morgan fingerprint density at radius 1 is 1.38 bits per heavy atom. The number of benzene rings is 1. The van der Waals surface area contributed by atoms with Crippen LogP contribution in [0.25, 0.3) is 0 Å². The van der Waals surface area contributed by atoms with Gasteiger partial charge in [0.1, 0.15) is 5.75 Å². The third kappa shape index (κ3) is 3.21. The molecule has 0 aliphatic rings. The predicted octanol–water partition coefficient (Wildman–Crippen LogP) is 2.65. The first-order chi connectivity index (χ1) is 6.36. The molecule has 1 aromatic rings. The van der Waals surface area contributed by atoms with Crippen LogP contribution in [-0.4, -0.2) is 7.11 Å². The van der Waals surface area contributed by atoms with Crippen molar-refractivity contribution in [2.24, 2.45) is 0 Å². The van der Waals surface area contributed by atoms with Crippen molar-refractivity contribution < 1.29 is 4.74 Å². The first-order valence-electron chi connectivity index (χ1n) is 4.39. The maximum Gasteiger partial charge on any atom is 0.119 e. The average molecular weight is 174 g/mol. The normalized spacial score (nSPS) is 8.77. The van der Waals surface area contributed by atoms with E-state index in [1.807, 2.05) is 19.1 Å². The zero-order valence-electron chi connectivity index (χ0n) is 8.13. The first-order valence-corrected chi connectivity index (χ1v) is 4.39. The molecule has 68 valence electrons. The van der Waals surface area contributed by atoms with Gasteiger partial charge in [-0.2, -0.15) is 0 Å². The van der Waals surface area contributed by atoms with Gasteiger partial charge in [-0.15, -0.1) is 11.8 Å². The van der Waals surface area contributed by atoms with E-state index in [1.54, 1.807) is 7.11 Å². The second-order valence-electron chi connectivity index (χ2n) is 2.78. The zero-order valence-corrected chi connectivity index (χ0v) is 8.13. The largest absolute Gasteiger partial charge is 0.497 e. The molecule has 1 aromatic carbocycles. The summed E-state index contributed by atoms with van der Waals surface area (Å²) in [7, 11) is 1.69. The molecule has 0 aliphatic carbocycles. The van der Waals surface area contributed by atoms with E-state index in [9.17, 15) is 0 Å². The molecule has 0 aromatic heterocycles. The smallest absolute Gasteiger partial charge is 0.119 e. The summed E-state index contributed by atoms with van der Waals surface area (Å²) in [4.78, 5) is 0. The van der Waals surface area contributed by atoms with Gasteiger partial charge < -0.3 is 4.74 Å². The second kappa shape index (κ2) is 5.27. The van der Waals surface area contributed by atoms with Crippen LogP contribution >= 0.6 is 0 Å². The summed E-state index contributed by atoms with van der Waals surface area (Å²) in [5, 5.41) is 0. The van der Waals surface area contributed by atoms with Crippen LogP contribution in [0.3, 0.4) is 0 Å². The summed E-state index contributed by atoms with van der Waals surface area (Å²) in [5.41, 5.74) is 1.28. The monoisotopic (exact) mass is 174 g/mol. The summed E-state index contributed by atoms with van der Waals surface area (Å²) in [6.07, 6.45) is 1.92. The second-order valence-corrected chi connectivity index (χ2v) is 2.78. The molecule has 0 fully saturated rings. The fourth-order valence-corrected chi connectivity index (χ4v) is 1.16. The lowest BCUT2D eigenvalue weighted by Crippen LogP contribution is -1.86. The lowest BCUT2D eigenvalue weighted by molar-refractivity contribution is 0.414. The van der Waals surface area contributed by atoms with Crippen LogP contribution in [0.1, 0.15) is 18.9 Å². The number of rotatable bonds is 3. The quantitative estimate of drug-likeness (QED) is 0.640. The molecule has 0 heterocycles. The Bertz CT molecular complexity index is 317. The Balaban J connectivity index is 2.59. The summed E-state index contributed by atoms with van der Waals surface area (Å²) in [5.74, 6) is 6.85. The zero-order chi connectivity index (χ0) is 9.52. The van der Waals surface area contributed by atoms with Crippen molar-refractivity contribution in [1.82, 2.24) is 0 Å². The SMILES string of the molecule is CC#CCCc1cccc(OC)c1. The van der Waals surface area contributed by atoms with Gasteiger partial charge in [0, 0.05) is 6.42 Å². The molecule has 0 aliphatic heterocycles. The van der Waals surface area contributed by atoms with Gasteiger partial charge in [0.15, 0.2) is 0 Å². The maximum atomic E-state index is 5.13. The van der Waals surface area contributed by atoms with E-state index in [0.717, 1.165) is 18.6 Å². The molecule has 1 rings (SSSR count). The van der Waals surface area contributed by atoms with E-state index in [-0.39, 0.29) is 0 Å². The van der Waals surface area contributed by atoms with Crippen LogP contribution in [-0.2, 0) is 6.42 Å². The van der Waals surface area contributed by atoms with E-state index in [0.29, 0.717) is 0 Å². The average Bonchev–Trinajstić information content (AvgIpc) is 2.19. The van der Waals surface area contributed by atoms with E-state index < -0.39 is 0 Å². The lowest BCUT2D eigenvalue weighted by Gasteiger charge is -2.01. The number of hydrogen-bond donors (Lipinski definition) is 0. The molecular formula is C12H14O.